The molecule has 0 saturated carbocycles. The van der Waals surface area contributed by atoms with Crippen LogP contribution in [0.25, 0.3) is 0 Å². The van der Waals surface area contributed by atoms with Gasteiger partial charge in [-0.1, -0.05) is 12.1 Å². The summed E-state index contributed by atoms with van der Waals surface area (Å²) in [4.78, 5) is 0.325. The Balaban J connectivity index is 2.24. The molecule has 1 saturated heterocycles. The molecule has 16 heavy (non-hydrogen) atoms. The number of nitrogens with two attached hydrogens (primary N) is 1. The number of hydrogen-bond donors (Lipinski definition) is 1. The molecular formula is C10H13BrN2O2S. The third-order valence-corrected chi connectivity index (χ3v) is 5.56. The zero-order valence-corrected chi connectivity index (χ0v) is 11.0. The van der Waals surface area contributed by atoms with Gasteiger partial charge in [0, 0.05) is 17.6 Å². The third-order valence-electron chi connectivity index (χ3n) is 2.71. The second-order valence-electron chi connectivity index (χ2n) is 3.85. The van der Waals surface area contributed by atoms with E-state index in [0.29, 0.717) is 34.9 Å². The number of hydrogen-bond acceptors (Lipinski definition) is 3. The van der Waals surface area contributed by atoms with Gasteiger partial charge < -0.3 is 5.73 Å². The minimum atomic E-state index is -3.35. The van der Waals surface area contributed by atoms with Gasteiger partial charge in [0.15, 0.2) is 0 Å². The van der Waals surface area contributed by atoms with Gasteiger partial charge in [-0.25, -0.2) is 8.42 Å². The van der Waals surface area contributed by atoms with Crippen LogP contribution in [-0.4, -0.2) is 32.4 Å². The van der Waals surface area contributed by atoms with Gasteiger partial charge in [-0.2, -0.15) is 4.31 Å². The molecule has 0 amide bonds. The minimum Gasteiger partial charge on any atom is -0.330 e. The highest BCUT2D eigenvalue weighted by atomic mass is 79.9. The maximum Gasteiger partial charge on any atom is 0.244 e. The molecule has 1 aliphatic heterocycles. The van der Waals surface area contributed by atoms with E-state index in [1.54, 1.807) is 24.3 Å². The highest BCUT2D eigenvalue weighted by Gasteiger charge is 2.36. The summed E-state index contributed by atoms with van der Waals surface area (Å²) in [5.74, 6) is 0.303. The van der Waals surface area contributed by atoms with E-state index in [1.165, 1.54) is 4.31 Å². The van der Waals surface area contributed by atoms with Gasteiger partial charge in [-0.15, -0.1) is 0 Å². The fourth-order valence-electron chi connectivity index (χ4n) is 1.66. The lowest BCUT2D eigenvalue weighted by atomic mass is 10.0. The van der Waals surface area contributed by atoms with Crippen molar-refractivity contribution in [2.24, 2.45) is 11.7 Å². The third kappa shape index (κ3) is 2.02. The average Bonchev–Trinajstić information content (AvgIpc) is 2.16. The van der Waals surface area contributed by atoms with Crippen LogP contribution in [0.15, 0.2) is 33.6 Å². The van der Waals surface area contributed by atoms with Crippen molar-refractivity contribution in [1.82, 2.24) is 4.31 Å². The second kappa shape index (κ2) is 4.44. The SMILES string of the molecule is NCC1CN(S(=O)(=O)c2ccccc2Br)C1. The Hall–Kier alpha value is -0.430. The number of nitrogens with zero attached hydrogens (tertiary/aromatic N) is 1. The zero-order chi connectivity index (χ0) is 11.8. The van der Waals surface area contributed by atoms with Crippen LogP contribution in [0, 0.1) is 5.92 Å². The van der Waals surface area contributed by atoms with E-state index >= 15 is 0 Å². The van der Waals surface area contributed by atoms with Crippen molar-refractivity contribution in [2.45, 2.75) is 4.90 Å². The van der Waals surface area contributed by atoms with E-state index < -0.39 is 10.0 Å². The molecule has 1 aromatic carbocycles. The topological polar surface area (TPSA) is 63.4 Å². The van der Waals surface area contributed by atoms with Crippen molar-refractivity contribution in [1.29, 1.82) is 0 Å². The van der Waals surface area contributed by atoms with Crippen LogP contribution in [0.1, 0.15) is 0 Å². The lowest BCUT2D eigenvalue weighted by molar-refractivity contribution is 0.207. The summed E-state index contributed by atoms with van der Waals surface area (Å²) < 4.78 is 26.4. The smallest absolute Gasteiger partial charge is 0.244 e. The molecule has 1 aromatic rings. The molecule has 0 spiro atoms. The van der Waals surface area contributed by atoms with Gasteiger partial charge in [-0.3, -0.25) is 0 Å². The number of halogens is 1. The molecule has 0 atom stereocenters. The fourth-order valence-corrected chi connectivity index (χ4v) is 4.22. The molecule has 88 valence electrons. The average molecular weight is 305 g/mol. The van der Waals surface area contributed by atoms with Gasteiger partial charge >= 0.3 is 0 Å². The largest absolute Gasteiger partial charge is 0.330 e. The van der Waals surface area contributed by atoms with Gasteiger partial charge in [0.1, 0.15) is 0 Å². The zero-order valence-electron chi connectivity index (χ0n) is 8.64. The summed E-state index contributed by atoms with van der Waals surface area (Å²) in [7, 11) is -3.35. The summed E-state index contributed by atoms with van der Waals surface area (Å²) in [6.07, 6.45) is 0. The number of rotatable bonds is 3. The van der Waals surface area contributed by atoms with E-state index in [2.05, 4.69) is 15.9 Å². The molecule has 0 radical (unpaired) electrons. The second-order valence-corrected chi connectivity index (χ2v) is 6.61. The molecule has 0 aromatic heterocycles. The van der Waals surface area contributed by atoms with Crippen LogP contribution in [0.2, 0.25) is 0 Å². The van der Waals surface area contributed by atoms with Crippen molar-refractivity contribution in [3.63, 3.8) is 0 Å². The molecule has 4 nitrogen and oxygen atoms in total. The van der Waals surface area contributed by atoms with E-state index in [4.69, 9.17) is 5.73 Å². The fraction of sp³-hybridized carbons (Fsp3) is 0.400. The minimum absolute atomic E-state index is 0.303. The van der Waals surface area contributed by atoms with Crippen LogP contribution >= 0.6 is 15.9 Å². The van der Waals surface area contributed by atoms with Crippen LogP contribution in [0.5, 0.6) is 0 Å². The maximum atomic E-state index is 12.2. The van der Waals surface area contributed by atoms with Crippen LogP contribution in [-0.2, 0) is 10.0 Å². The maximum absolute atomic E-state index is 12.2. The molecule has 1 aliphatic rings. The monoisotopic (exact) mass is 304 g/mol. The van der Waals surface area contributed by atoms with E-state index in [1.807, 2.05) is 0 Å². The predicted molar refractivity (Wildman–Crippen MR) is 65.4 cm³/mol. The Kier molecular flexibility index (Phi) is 3.34. The summed E-state index contributed by atoms with van der Waals surface area (Å²) in [5, 5.41) is 0. The first-order chi connectivity index (χ1) is 7.55. The van der Waals surface area contributed by atoms with E-state index in [9.17, 15) is 8.42 Å². The first-order valence-corrected chi connectivity index (χ1v) is 7.23. The molecule has 2 rings (SSSR count). The molecule has 0 bridgehead atoms. The molecule has 1 heterocycles. The predicted octanol–water partition coefficient (Wildman–Crippen LogP) is 1.03. The molecule has 1 fully saturated rings. The molecule has 0 unspecified atom stereocenters. The van der Waals surface area contributed by atoms with Crippen molar-refractivity contribution in [2.75, 3.05) is 19.6 Å². The molecular weight excluding hydrogens is 292 g/mol. The van der Waals surface area contributed by atoms with E-state index in [0.717, 1.165) is 0 Å². The number of benzene rings is 1. The Labute approximate surface area is 104 Å². The van der Waals surface area contributed by atoms with Crippen LogP contribution in [0.3, 0.4) is 0 Å². The van der Waals surface area contributed by atoms with Crippen molar-refractivity contribution >= 4 is 26.0 Å². The Morgan fingerprint density at radius 3 is 2.56 bits per heavy atom. The van der Waals surface area contributed by atoms with Crippen molar-refractivity contribution < 1.29 is 8.42 Å². The Morgan fingerprint density at radius 2 is 2.00 bits per heavy atom. The lowest BCUT2D eigenvalue weighted by Gasteiger charge is -2.37. The van der Waals surface area contributed by atoms with Crippen molar-refractivity contribution in [3.05, 3.63) is 28.7 Å². The highest BCUT2D eigenvalue weighted by Crippen LogP contribution is 2.29. The molecule has 0 aliphatic carbocycles. The standard InChI is InChI=1S/C10H13BrN2O2S/c11-9-3-1-2-4-10(9)16(14,15)13-6-8(5-12)7-13/h1-4,8H,5-7,12H2. The highest BCUT2D eigenvalue weighted by molar-refractivity contribution is 9.10. The summed E-state index contributed by atoms with van der Waals surface area (Å²) in [6.45, 7) is 1.60. The summed E-state index contributed by atoms with van der Waals surface area (Å²) in [5.41, 5.74) is 5.48. The molecule has 6 heteroatoms. The first kappa shape index (κ1) is 12.0. The normalized spacial score (nSPS) is 18.4. The van der Waals surface area contributed by atoms with Gasteiger partial charge in [0.2, 0.25) is 10.0 Å². The van der Waals surface area contributed by atoms with Crippen LogP contribution in [0.4, 0.5) is 0 Å². The van der Waals surface area contributed by atoms with Gasteiger partial charge in [0.05, 0.1) is 4.90 Å². The van der Waals surface area contributed by atoms with Gasteiger partial charge in [-0.05, 0) is 40.5 Å². The van der Waals surface area contributed by atoms with Crippen molar-refractivity contribution in [3.8, 4) is 0 Å². The van der Waals surface area contributed by atoms with E-state index in [-0.39, 0.29) is 0 Å². The lowest BCUT2D eigenvalue weighted by Crippen LogP contribution is -2.52. The summed E-state index contributed by atoms with van der Waals surface area (Å²) in [6, 6.07) is 6.85. The quantitative estimate of drug-likeness (QED) is 0.907. The Bertz CT molecular complexity index is 483. The Morgan fingerprint density at radius 1 is 1.38 bits per heavy atom. The van der Waals surface area contributed by atoms with Crippen LogP contribution < -0.4 is 5.73 Å². The summed E-state index contributed by atoms with van der Waals surface area (Å²) >= 11 is 3.26. The molecule has 2 N–H and O–H groups in total. The first-order valence-electron chi connectivity index (χ1n) is 5.00. The number of sulfonamides is 1. The van der Waals surface area contributed by atoms with Gasteiger partial charge in [0.25, 0.3) is 0 Å².